The van der Waals surface area contributed by atoms with Crippen molar-refractivity contribution in [1.82, 2.24) is 9.88 Å². The fourth-order valence-electron chi connectivity index (χ4n) is 3.37. The van der Waals surface area contributed by atoms with Crippen molar-refractivity contribution in [2.75, 3.05) is 31.3 Å². The molecule has 2 fully saturated rings. The van der Waals surface area contributed by atoms with Gasteiger partial charge in [-0.15, -0.1) is 0 Å². The van der Waals surface area contributed by atoms with Gasteiger partial charge in [-0.1, -0.05) is 0 Å². The highest BCUT2D eigenvalue weighted by Crippen LogP contribution is 2.21. The highest BCUT2D eigenvalue weighted by atomic mass is 32.2. The molecule has 0 N–H and O–H groups in total. The predicted molar refractivity (Wildman–Crippen MR) is 97.0 cm³/mol. The van der Waals surface area contributed by atoms with Crippen molar-refractivity contribution in [1.29, 1.82) is 0 Å². The van der Waals surface area contributed by atoms with Gasteiger partial charge in [-0.2, -0.15) is 0 Å². The van der Waals surface area contributed by atoms with Crippen LogP contribution >= 0.6 is 0 Å². The van der Waals surface area contributed by atoms with Crippen LogP contribution in [0, 0.1) is 6.92 Å². The lowest BCUT2D eigenvalue weighted by atomic mass is 10.1. The third-order valence-electron chi connectivity index (χ3n) is 4.87. The summed E-state index contributed by atoms with van der Waals surface area (Å²) in [6.07, 6.45) is 3.45. The van der Waals surface area contributed by atoms with Crippen LogP contribution in [0.3, 0.4) is 0 Å². The molecule has 0 unspecified atom stereocenters. The molecular weight excluding hydrogens is 372 g/mol. The largest absolute Gasteiger partial charge is 0.452 e. The van der Waals surface area contributed by atoms with Crippen LogP contribution in [-0.4, -0.2) is 73.6 Å². The van der Waals surface area contributed by atoms with E-state index in [4.69, 9.17) is 9.47 Å². The lowest BCUT2D eigenvalue weighted by Gasteiger charge is -2.30. The van der Waals surface area contributed by atoms with E-state index in [2.05, 4.69) is 4.98 Å². The van der Waals surface area contributed by atoms with Crippen molar-refractivity contribution in [2.24, 2.45) is 0 Å². The Balaban J connectivity index is 1.63. The lowest BCUT2D eigenvalue weighted by Crippen LogP contribution is -2.47. The predicted octanol–water partition coefficient (Wildman–Crippen LogP) is 0.742. The molecule has 9 heteroatoms. The van der Waals surface area contributed by atoms with Crippen LogP contribution in [0.4, 0.5) is 0 Å². The number of hydrogen-bond acceptors (Lipinski definition) is 7. The molecule has 8 nitrogen and oxygen atoms in total. The fraction of sp³-hybridized carbons (Fsp3) is 0.611. The van der Waals surface area contributed by atoms with Gasteiger partial charge in [0.15, 0.2) is 16.4 Å². The van der Waals surface area contributed by atoms with Crippen LogP contribution in [0.2, 0.25) is 0 Å². The molecular formula is C18H24N2O6S. The van der Waals surface area contributed by atoms with Gasteiger partial charge in [0.1, 0.15) is 0 Å². The summed E-state index contributed by atoms with van der Waals surface area (Å²) in [6.45, 7) is 2.33. The van der Waals surface area contributed by atoms with Gasteiger partial charge in [0.2, 0.25) is 0 Å². The Labute approximate surface area is 158 Å². The summed E-state index contributed by atoms with van der Waals surface area (Å²) < 4.78 is 34.4. The standard InChI is InChI=1S/C18H24N2O6S/c1-13-4-5-14(9-19-13)18(22)26-11-17(21)20(10-16-3-2-7-25-16)15-6-8-27(23,24)12-15/h4-5,9,15-16H,2-3,6-8,10-12H2,1H3/t15-,16+/m1/s1. The minimum atomic E-state index is -3.14. The van der Waals surface area contributed by atoms with E-state index in [1.54, 1.807) is 19.1 Å². The second-order valence-electron chi connectivity index (χ2n) is 7.00. The summed E-state index contributed by atoms with van der Waals surface area (Å²) >= 11 is 0. The maximum Gasteiger partial charge on any atom is 0.340 e. The van der Waals surface area contributed by atoms with Gasteiger partial charge in [0, 0.05) is 31.1 Å². The van der Waals surface area contributed by atoms with E-state index in [0.717, 1.165) is 18.5 Å². The number of hydrogen-bond donors (Lipinski definition) is 0. The molecule has 0 aliphatic carbocycles. The highest BCUT2D eigenvalue weighted by Gasteiger charge is 2.36. The maximum atomic E-state index is 12.7. The minimum absolute atomic E-state index is 0.0543. The normalized spacial score (nSPS) is 23.9. The summed E-state index contributed by atoms with van der Waals surface area (Å²) in [5.74, 6) is -1.02. The first kappa shape index (κ1) is 19.8. The molecule has 2 atom stereocenters. The Hall–Kier alpha value is -2.00. The number of ether oxygens (including phenoxy) is 2. The van der Waals surface area contributed by atoms with Crippen molar-refractivity contribution in [3.63, 3.8) is 0 Å². The number of nitrogens with zero attached hydrogens (tertiary/aromatic N) is 2. The van der Waals surface area contributed by atoms with Crippen LogP contribution in [0.1, 0.15) is 35.3 Å². The summed E-state index contributed by atoms with van der Waals surface area (Å²) in [5, 5.41) is 0. The molecule has 2 saturated heterocycles. The van der Waals surface area contributed by atoms with Gasteiger partial charge in [-0.3, -0.25) is 9.78 Å². The monoisotopic (exact) mass is 396 g/mol. The highest BCUT2D eigenvalue weighted by molar-refractivity contribution is 7.91. The molecule has 3 heterocycles. The number of sulfone groups is 1. The van der Waals surface area contributed by atoms with Crippen molar-refractivity contribution >= 4 is 21.7 Å². The third kappa shape index (κ3) is 5.26. The second kappa shape index (κ2) is 8.35. The molecule has 1 aromatic rings. The van der Waals surface area contributed by atoms with Gasteiger partial charge in [-0.05, 0) is 38.3 Å². The summed E-state index contributed by atoms with van der Waals surface area (Å²) in [7, 11) is -3.14. The van der Waals surface area contributed by atoms with Gasteiger partial charge in [0.05, 0.1) is 23.2 Å². The van der Waals surface area contributed by atoms with E-state index in [1.807, 2.05) is 0 Å². The van der Waals surface area contributed by atoms with Gasteiger partial charge in [-0.25, -0.2) is 13.2 Å². The van der Waals surface area contributed by atoms with Crippen LogP contribution in [-0.2, 0) is 24.1 Å². The van der Waals surface area contributed by atoms with Crippen molar-refractivity contribution in [3.05, 3.63) is 29.6 Å². The number of aromatic nitrogens is 1. The van der Waals surface area contributed by atoms with Crippen LogP contribution in [0.5, 0.6) is 0 Å². The third-order valence-corrected chi connectivity index (χ3v) is 6.62. The SMILES string of the molecule is Cc1ccc(C(=O)OCC(=O)N(C[C@@H]2CCCO2)[C@@H]2CCS(=O)(=O)C2)cn1. The molecule has 3 rings (SSSR count). The van der Waals surface area contributed by atoms with Crippen LogP contribution in [0.15, 0.2) is 18.3 Å². The van der Waals surface area contributed by atoms with E-state index < -0.39 is 34.4 Å². The Kier molecular flexibility index (Phi) is 6.11. The zero-order valence-electron chi connectivity index (χ0n) is 15.3. The number of pyridine rings is 1. The average Bonchev–Trinajstić information content (AvgIpc) is 3.27. The van der Waals surface area contributed by atoms with E-state index in [0.29, 0.717) is 19.6 Å². The molecule has 0 spiro atoms. The summed E-state index contributed by atoms with van der Waals surface area (Å²) in [4.78, 5) is 30.3. The first-order valence-corrected chi connectivity index (χ1v) is 10.9. The molecule has 2 aliphatic heterocycles. The summed E-state index contributed by atoms with van der Waals surface area (Å²) in [5.41, 5.74) is 1.04. The van der Waals surface area contributed by atoms with Gasteiger partial charge in [0.25, 0.3) is 5.91 Å². The van der Waals surface area contributed by atoms with E-state index >= 15 is 0 Å². The topological polar surface area (TPSA) is 103 Å². The zero-order valence-corrected chi connectivity index (χ0v) is 16.1. The molecule has 27 heavy (non-hydrogen) atoms. The first-order chi connectivity index (χ1) is 12.8. The van der Waals surface area contributed by atoms with Crippen LogP contribution < -0.4 is 0 Å². The number of amides is 1. The minimum Gasteiger partial charge on any atom is -0.452 e. The fourth-order valence-corrected chi connectivity index (χ4v) is 5.10. The Bertz CT molecular complexity index is 787. The van der Waals surface area contributed by atoms with Crippen LogP contribution in [0.25, 0.3) is 0 Å². The quantitative estimate of drug-likeness (QED) is 0.654. The van der Waals surface area contributed by atoms with Gasteiger partial charge >= 0.3 is 5.97 Å². The first-order valence-electron chi connectivity index (χ1n) is 9.05. The molecule has 2 aliphatic rings. The number of carbonyl (C=O) groups excluding carboxylic acids is 2. The number of rotatable bonds is 6. The van der Waals surface area contributed by atoms with Crippen molar-refractivity contribution in [3.8, 4) is 0 Å². The Morgan fingerprint density at radius 3 is 2.74 bits per heavy atom. The molecule has 0 radical (unpaired) electrons. The molecule has 148 valence electrons. The number of esters is 1. The maximum absolute atomic E-state index is 12.7. The molecule has 1 aromatic heterocycles. The number of carbonyl (C=O) groups is 2. The van der Waals surface area contributed by atoms with Crippen molar-refractivity contribution < 1.29 is 27.5 Å². The molecule has 1 amide bonds. The number of aryl methyl sites for hydroxylation is 1. The van der Waals surface area contributed by atoms with Crippen molar-refractivity contribution in [2.45, 2.75) is 38.3 Å². The lowest BCUT2D eigenvalue weighted by molar-refractivity contribution is -0.138. The van der Waals surface area contributed by atoms with E-state index in [-0.39, 0.29) is 23.2 Å². The second-order valence-corrected chi connectivity index (χ2v) is 9.23. The average molecular weight is 396 g/mol. The molecule has 0 saturated carbocycles. The molecule has 0 bridgehead atoms. The smallest absolute Gasteiger partial charge is 0.340 e. The molecule has 0 aromatic carbocycles. The van der Waals surface area contributed by atoms with Gasteiger partial charge < -0.3 is 14.4 Å². The Morgan fingerprint density at radius 1 is 1.33 bits per heavy atom. The Morgan fingerprint density at radius 2 is 2.15 bits per heavy atom. The van der Waals surface area contributed by atoms with E-state index in [1.165, 1.54) is 11.1 Å². The van der Waals surface area contributed by atoms with E-state index in [9.17, 15) is 18.0 Å². The summed E-state index contributed by atoms with van der Waals surface area (Å²) in [6, 6.07) is 2.88. The zero-order chi connectivity index (χ0) is 19.4.